The van der Waals surface area contributed by atoms with Crippen molar-refractivity contribution >= 4 is 46.2 Å². The number of nitrogens with one attached hydrogen (secondary N) is 2. The van der Waals surface area contributed by atoms with Gasteiger partial charge in [-0.15, -0.1) is 0 Å². The number of allylic oxidation sites excluding steroid dienone is 1. The third kappa shape index (κ3) is 5.73. The summed E-state index contributed by atoms with van der Waals surface area (Å²) in [4.78, 5) is 25.6. The van der Waals surface area contributed by atoms with Gasteiger partial charge < -0.3 is 20.4 Å². The van der Waals surface area contributed by atoms with Crippen molar-refractivity contribution in [3.63, 3.8) is 0 Å². The van der Waals surface area contributed by atoms with Crippen molar-refractivity contribution in [3.05, 3.63) is 77.5 Å². The van der Waals surface area contributed by atoms with Gasteiger partial charge in [-0.1, -0.05) is 30.3 Å². The molecule has 1 aliphatic rings. The predicted molar refractivity (Wildman–Crippen MR) is 140 cm³/mol. The molecule has 1 fully saturated rings. The van der Waals surface area contributed by atoms with Crippen LogP contribution in [0.25, 0.3) is 0 Å². The maximum atomic E-state index is 12.0. The number of carbonyl (C=O) groups excluding carboxylic acids is 1. The van der Waals surface area contributed by atoms with E-state index in [1.54, 1.807) is 6.20 Å². The van der Waals surface area contributed by atoms with E-state index in [2.05, 4.69) is 56.2 Å². The third-order valence-electron chi connectivity index (χ3n) is 5.98. The largest absolute Gasteiger partial charge is 0.369 e. The number of ketones is 1. The highest BCUT2D eigenvalue weighted by molar-refractivity contribution is 6.32. The van der Waals surface area contributed by atoms with Crippen molar-refractivity contribution < 1.29 is 4.79 Å². The topological polar surface area (TPSA) is 73.4 Å². The second kappa shape index (κ2) is 10.7. The van der Waals surface area contributed by atoms with Gasteiger partial charge in [0.15, 0.2) is 11.6 Å². The number of nitrogens with zero attached hydrogens (tertiary/aromatic N) is 4. The average molecular weight is 477 g/mol. The summed E-state index contributed by atoms with van der Waals surface area (Å²) >= 11 is 6.38. The Labute approximate surface area is 205 Å². The lowest BCUT2D eigenvalue weighted by molar-refractivity contribution is -0.114. The van der Waals surface area contributed by atoms with Crippen LogP contribution < -0.4 is 15.5 Å². The molecule has 2 N–H and O–H groups in total. The molecule has 0 spiro atoms. The van der Waals surface area contributed by atoms with Crippen LogP contribution in [0, 0.1) is 6.92 Å². The van der Waals surface area contributed by atoms with Crippen LogP contribution in [0.3, 0.4) is 0 Å². The lowest BCUT2D eigenvalue weighted by Crippen LogP contribution is -2.44. The summed E-state index contributed by atoms with van der Waals surface area (Å²) in [6, 6.07) is 14.1. The summed E-state index contributed by atoms with van der Waals surface area (Å²) in [5.74, 6) is 0.843. The van der Waals surface area contributed by atoms with Crippen LogP contribution in [0.15, 0.2) is 61.3 Å². The van der Waals surface area contributed by atoms with Crippen molar-refractivity contribution in [3.8, 4) is 0 Å². The number of carbonyl (C=O) groups is 1. The molecule has 0 atom stereocenters. The molecule has 0 amide bonds. The summed E-state index contributed by atoms with van der Waals surface area (Å²) < 4.78 is 0. The van der Waals surface area contributed by atoms with Crippen LogP contribution in [-0.2, 0) is 11.2 Å². The van der Waals surface area contributed by atoms with Crippen molar-refractivity contribution in [1.29, 1.82) is 0 Å². The minimum atomic E-state index is -0.0477. The maximum absolute atomic E-state index is 12.0. The van der Waals surface area contributed by atoms with Crippen LogP contribution in [0.4, 0.5) is 28.8 Å². The molecular formula is C26H29ClN6O. The zero-order valence-corrected chi connectivity index (χ0v) is 20.3. The summed E-state index contributed by atoms with van der Waals surface area (Å²) in [5, 5.41) is 6.91. The molecule has 1 saturated heterocycles. The van der Waals surface area contributed by atoms with Crippen LogP contribution in [0.1, 0.15) is 11.1 Å². The van der Waals surface area contributed by atoms with E-state index in [9.17, 15) is 4.79 Å². The van der Waals surface area contributed by atoms with Crippen LogP contribution in [-0.4, -0.2) is 53.9 Å². The number of anilines is 5. The van der Waals surface area contributed by atoms with E-state index in [1.165, 1.54) is 11.8 Å². The molecule has 0 radical (unpaired) electrons. The van der Waals surface area contributed by atoms with Gasteiger partial charge in [-0.25, -0.2) is 4.98 Å². The van der Waals surface area contributed by atoms with Crippen LogP contribution >= 0.6 is 11.6 Å². The lowest BCUT2D eigenvalue weighted by Gasteiger charge is -2.34. The molecule has 1 aliphatic heterocycles. The second-order valence-corrected chi connectivity index (χ2v) is 8.83. The Hall–Kier alpha value is -3.42. The monoisotopic (exact) mass is 476 g/mol. The van der Waals surface area contributed by atoms with E-state index in [4.69, 9.17) is 11.6 Å². The van der Waals surface area contributed by atoms with Gasteiger partial charge in [0, 0.05) is 49.7 Å². The molecule has 7 nitrogen and oxygen atoms in total. The third-order valence-corrected chi connectivity index (χ3v) is 6.25. The molecule has 8 heteroatoms. The number of halogens is 1. The molecule has 2 aromatic carbocycles. The molecular weight excluding hydrogens is 448 g/mol. The van der Waals surface area contributed by atoms with E-state index in [-0.39, 0.29) is 12.2 Å². The second-order valence-electron chi connectivity index (χ2n) is 8.43. The van der Waals surface area contributed by atoms with Gasteiger partial charge in [-0.3, -0.25) is 4.79 Å². The van der Waals surface area contributed by atoms with E-state index in [1.807, 2.05) is 37.3 Å². The molecule has 176 valence electrons. The SMILES string of the molecule is C=CC(=O)Cc1c(C)cccc1Nc1nc(Nc2ccc(N3CCN(C)CC3)cc2)ncc1Cl. The molecule has 0 aliphatic carbocycles. The van der Waals surface area contributed by atoms with Gasteiger partial charge in [0.1, 0.15) is 5.02 Å². The van der Waals surface area contributed by atoms with Crippen molar-refractivity contribution in [2.45, 2.75) is 13.3 Å². The Bertz CT molecular complexity index is 1170. The molecule has 1 aromatic heterocycles. The molecule has 0 saturated carbocycles. The Morgan fingerprint density at radius 2 is 1.85 bits per heavy atom. The quantitative estimate of drug-likeness (QED) is 0.444. The van der Waals surface area contributed by atoms with Crippen LogP contribution in [0.5, 0.6) is 0 Å². The predicted octanol–water partition coefficient (Wildman–Crippen LogP) is 4.98. The first-order valence-corrected chi connectivity index (χ1v) is 11.6. The number of aryl methyl sites for hydroxylation is 1. The van der Waals surface area contributed by atoms with Crippen LogP contribution in [0.2, 0.25) is 5.02 Å². The van der Waals surface area contributed by atoms with Gasteiger partial charge >= 0.3 is 0 Å². The molecule has 34 heavy (non-hydrogen) atoms. The fourth-order valence-electron chi connectivity index (χ4n) is 3.89. The number of rotatable bonds is 8. The summed E-state index contributed by atoms with van der Waals surface area (Å²) in [6.45, 7) is 9.73. The standard InChI is InChI=1S/C26H29ClN6O/c1-4-21(34)16-22-18(2)6-5-7-24(22)30-25-23(27)17-28-26(31-25)29-19-8-10-20(11-9-19)33-14-12-32(3)13-15-33/h4-11,17H,1,12-16H2,2-3H3,(H2,28,29,30,31). The number of hydrogen-bond donors (Lipinski definition) is 2. The number of aromatic nitrogens is 2. The van der Waals surface area contributed by atoms with Crippen molar-refractivity contribution in [2.75, 3.05) is 48.8 Å². The minimum Gasteiger partial charge on any atom is -0.369 e. The Kier molecular flexibility index (Phi) is 7.45. The Morgan fingerprint density at radius 1 is 1.12 bits per heavy atom. The Morgan fingerprint density at radius 3 is 2.56 bits per heavy atom. The number of likely N-dealkylation sites (N-methyl/N-ethyl adjacent to an activating group) is 1. The number of piperazine rings is 1. The zero-order chi connectivity index (χ0) is 24.1. The van der Waals surface area contributed by atoms with E-state index >= 15 is 0 Å². The van der Waals surface area contributed by atoms with Gasteiger partial charge in [0.05, 0.1) is 6.20 Å². The zero-order valence-electron chi connectivity index (χ0n) is 19.5. The highest BCUT2D eigenvalue weighted by Crippen LogP contribution is 2.29. The Balaban J connectivity index is 1.49. The first-order valence-electron chi connectivity index (χ1n) is 11.3. The highest BCUT2D eigenvalue weighted by Gasteiger charge is 2.15. The van der Waals surface area contributed by atoms with Gasteiger partial charge in [-0.05, 0) is 61.5 Å². The first-order chi connectivity index (χ1) is 16.4. The van der Waals surface area contributed by atoms with E-state index in [0.29, 0.717) is 16.8 Å². The van der Waals surface area contributed by atoms with E-state index < -0.39 is 0 Å². The molecule has 0 unspecified atom stereocenters. The first kappa shape index (κ1) is 23.7. The molecule has 2 heterocycles. The summed E-state index contributed by atoms with van der Waals surface area (Å²) in [7, 11) is 2.15. The number of hydrogen-bond acceptors (Lipinski definition) is 7. The fraction of sp³-hybridized carbons (Fsp3) is 0.269. The normalized spacial score (nSPS) is 14.0. The lowest BCUT2D eigenvalue weighted by atomic mass is 10.0. The average Bonchev–Trinajstić information content (AvgIpc) is 2.84. The molecule has 0 bridgehead atoms. The summed E-state index contributed by atoms with van der Waals surface area (Å²) in [5.41, 5.74) is 4.76. The van der Waals surface area contributed by atoms with Crippen molar-refractivity contribution in [2.24, 2.45) is 0 Å². The smallest absolute Gasteiger partial charge is 0.229 e. The highest BCUT2D eigenvalue weighted by atomic mass is 35.5. The van der Waals surface area contributed by atoms with E-state index in [0.717, 1.165) is 48.7 Å². The van der Waals surface area contributed by atoms with Crippen molar-refractivity contribution in [1.82, 2.24) is 14.9 Å². The number of benzene rings is 2. The van der Waals surface area contributed by atoms with Gasteiger partial charge in [-0.2, -0.15) is 4.98 Å². The fourth-order valence-corrected chi connectivity index (χ4v) is 4.03. The molecule has 4 rings (SSSR count). The van der Waals surface area contributed by atoms with Gasteiger partial charge in [0.25, 0.3) is 0 Å². The maximum Gasteiger partial charge on any atom is 0.229 e. The summed E-state index contributed by atoms with van der Waals surface area (Å²) in [6.07, 6.45) is 3.15. The minimum absolute atomic E-state index is 0.0477. The molecule has 3 aromatic rings. The van der Waals surface area contributed by atoms with Gasteiger partial charge in [0.2, 0.25) is 5.95 Å².